The molecule has 0 atom stereocenters. The molecule has 0 spiro atoms. The molecule has 0 bridgehead atoms. The third-order valence-electron chi connectivity index (χ3n) is 2.05. The highest BCUT2D eigenvalue weighted by atomic mass is 16.7. The SMILES string of the molecule is COCC(CC([N+](=O)[O-])[N+](=O)[O-])([N+](=O)[O-])[N+](=O)[O-]. The third-order valence-corrected chi connectivity index (χ3v) is 2.05. The van der Waals surface area contributed by atoms with E-state index in [1.807, 2.05) is 0 Å². The molecular weight excluding hydrogens is 260 g/mol. The molecule has 13 nitrogen and oxygen atoms in total. The predicted octanol–water partition coefficient (Wildman–Crippen LogP) is -0.848. The van der Waals surface area contributed by atoms with Gasteiger partial charge in [0.25, 0.3) is 0 Å². The Hall–Kier alpha value is -2.44. The lowest BCUT2D eigenvalue weighted by atomic mass is 10.1. The van der Waals surface area contributed by atoms with E-state index in [9.17, 15) is 40.5 Å². The van der Waals surface area contributed by atoms with E-state index in [0.29, 0.717) is 0 Å². The van der Waals surface area contributed by atoms with Crippen LogP contribution in [0.3, 0.4) is 0 Å². The highest BCUT2D eigenvalue weighted by Crippen LogP contribution is 2.20. The van der Waals surface area contributed by atoms with Crippen LogP contribution in [0.5, 0.6) is 0 Å². The van der Waals surface area contributed by atoms with Crippen LogP contribution < -0.4 is 0 Å². The van der Waals surface area contributed by atoms with Crippen molar-refractivity contribution in [2.24, 2.45) is 0 Å². The van der Waals surface area contributed by atoms with Crippen LogP contribution in [0.25, 0.3) is 0 Å². The number of nitro groups is 4. The first-order valence-electron chi connectivity index (χ1n) is 4.24. The molecule has 13 heteroatoms. The Morgan fingerprint density at radius 2 is 1.39 bits per heavy atom. The number of methoxy groups -OCH3 is 1. The van der Waals surface area contributed by atoms with E-state index in [1.54, 1.807) is 0 Å². The molecule has 0 aliphatic heterocycles. The number of ether oxygens (including phenoxy) is 1. The van der Waals surface area contributed by atoms with Gasteiger partial charge in [0.15, 0.2) is 6.61 Å². The molecule has 0 amide bonds. The van der Waals surface area contributed by atoms with Gasteiger partial charge in [-0.15, -0.1) is 0 Å². The summed E-state index contributed by atoms with van der Waals surface area (Å²) in [6.07, 6.45) is -4.17. The predicted molar refractivity (Wildman–Crippen MR) is 51.0 cm³/mol. The van der Waals surface area contributed by atoms with Crippen LogP contribution in [0.4, 0.5) is 0 Å². The summed E-state index contributed by atoms with van der Waals surface area (Å²) >= 11 is 0. The standard InChI is InChI=1S/C5H8N4O9/c1-18-3-5(8(14)15,9(16)17)2-4(6(10)11)7(12)13/h4H,2-3H2,1H3. The summed E-state index contributed by atoms with van der Waals surface area (Å²) < 4.78 is 4.26. The molecule has 102 valence electrons. The van der Waals surface area contributed by atoms with Crippen LogP contribution in [0.15, 0.2) is 0 Å². The van der Waals surface area contributed by atoms with Crippen molar-refractivity contribution in [3.05, 3.63) is 40.5 Å². The molecule has 0 aromatic rings. The molecular formula is C5H8N4O9. The Balaban J connectivity index is 5.45. The zero-order valence-electron chi connectivity index (χ0n) is 8.95. The van der Waals surface area contributed by atoms with E-state index < -0.39 is 44.5 Å². The maximum absolute atomic E-state index is 10.7. The molecule has 0 saturated heterocycles. The van der Waals surface area contributed by atoms with Crippen molar-refractivity contribution in [2.45, 2.75) is 18.2 Å². The van der Waals surface area contributed by atoms with E-state index in [0.717, 1.165) is 7.11 Å². The smallest absolute Gasteiger partial charge is 0.370 e. The molecule has 0 radical (unpaired) electrons. The fraction of sp³-hybridized carbons (Fsp3) is 1.00. The zero-order valence-corrected chi connectivity index (χ0v) is 8.95. The van der Waals surface area contributed by atoms with E-state index >= 15 is 0 Å². The van der Waals surface area contributed by atoms with Gasteiger partial charge in [-0.25, -0.2) is 0 Å². The van der Waals surface area contributed by atoms with Crippen LogP contribution >= 0.6 is 0 Å². The zero-order chi connectivity index (χ0) is 14.5. The first kappa shape index (κ1) is 15.6. The van der Waals surface area contributed by atoms with E-state index in [-0.39, 0.29) is 0 Å². The normalized spacial score (nSPS) is 11.2. The third kappa shape index (κ3) is 3.03. The van der Waals surface area contributed by atoms with Gasteiger partial charge in [0.05, 0.1) is 9.85 Å². The Morgan fingerprint density at radius 1 is 1.00 bits per heavy atom. The second kappa shape index (κ2) is 5.76. The minimum absolute atomic E-state index is 0.898. The fourth-order valence-corrected chi connectivity index (χ4v) is 1.13. The Labute approximate surface area is 97.9 Å². The molecule has 0 aliphatic rings. The molecule has 0 unspecified atom stereocenters. The maximum atomic E-state index is 10.7. The molecule has 0 fully saturated rings. The molecule has 0 heterocycles. The number of rotatable bonds is 8. The largest absolute Gasteiger partial charge is 0.494 e. The van der Waals surface area contributed by atoms with Crippen LogP contribution in [0, 0.1) is 40.5 Å². The van der Waals surface area contributed by atoms with Gasteiger partial charge in [0.1, 0.15) is 9.85 Å². The maximum Gasteiger partial charge on any atom is 0.494 e. The summed E-state index contributed by atoms with van der Waals surface area (Å²) in [5.41, 5.74) is -3.13. The van der Waals surface area contributed by atoms with E-state index in [1.165, 1.54) is 0 Å². The summed E-state index contributed by atoms with van der Waals surface area (Å²) in [6.45, 7) is -1.12. The molecule has 0 aliphatic carbocycles. The van der Waals surface area contributed by atoms with Crippen molar-refractivity contribution in [1.29, 1.82) is 0 Å². The monoisotopic (exact) mass is 268 g/mol. The lowest BCUT2D eigenvalue weighted by Crippen LogP contribution is -2.54. The molecule has 0 aromatic heterocycles. The Morgan fingerprint density at radius 3 is 1.61 bits per heavy atom. The van der Waals surface area contributed by atoms with Gasteiger partial charge in [0.2, 0.25) is 6.42 Å². The van der Waals surface area contributed by atoms with Crippen LogP contribution in [-0.2, 0) is 4.74 Å². The second-order valence-corrected chi connectivity index (χ2v) is 3.19. The van der Waals surface area contributed by atoms with Gasteiger partial charge < -0.3 is 4.74 Å². The summed E-state index contributed by atoms with van der Waals surface area (Å²) in [4.78, 5) is 36.3. The van der Waals surface area contributed by atoms with Gasteiger partial charge in [-0.1, -0.05) is 0 Å². The second-order valence-electron chi connectivity index (χ2n) is 3.19. The topological polar surface area (TPSA) is 182 Å². The molecule has 0 saturated carbocycles. The first-order chi connectivity index (χ1) is 8.19. The minimum Gasteiger partial charge on any atom is -0.370 e. The Kier molecular flexibility index (Phi) is 4.98. The van der Waals surface area contributed by atoms with Gasteiger partial charge in [0, 0.05) is 7.11 Å². The fourth-order valence-electron chi connectivity index (χ4n) is 1.13. The lowest BCUT2D eigenvalue weighted by molar-refractivity contribution is -0.825. The van der Waals surface area contributed by atoms with Crippen molar-refractivity contribution in [2.75, 3.05) is 13.7 Å². The average Bonchev–Trinajstić information content (AvgIpc) is 2.21. The average molecular weight is 268 g/mol. The van der Waals surface area contributed by atoms with Crippen molar-refractivity contribution in [3.8, 4) is 0 Å². The van der Waals surface area contributed by atoms with Crippen LogP contribution in [-0.4, -0.2) is 45.2 Å². The van der Waals surface area contributed by atoms with Crippen molar-refractivity contribution in [1.82, 2.24) is 0 Å². The Bertz CT molecular complexity index is 353. The highest BCUT2D eigenvalue weighted by molar-refractivity contribution is 4.68. The van der Waals surface area contributed by atoms with Gasteiger partial charge in [-0.05, 0) is 0 Å². The van der Waals surface area contributed by atoms with Crippen molar-refractivity contribution in [3.63, 3.8) is 0 Å². The van der Waals surface area contributed by atoms with Gasteiger partial charge in [-0.2, -0.15) is 0 Å². The number of hydrogen-bond donors (Lipinski definition) is 0. The summed E-state index contributed by atoms with van der Waals surface area (Å²) in [6, 6.07) is 0. The quantitative estimate of drug-likeness (QED) is 0.307. The summed E-state index contributed by atoms with van der Waals surface area (Å²) in [7, 11) is 0.898. The first-order valence-corrected chi connectivity index (χ1v) is 4.24. The molecule has 0 N–H and O–H groups in total. The van der Waals surface area contributed by atoms with Gasteiger partial charge in [-0.3, -0.25) is 40.5 Å². The highest BCUT2D eigenvalue weighted by Gasteiger charge is 2.63. The van der Waals surface area contributed by atoms with Crippen molar-refractivity contribution >= 4 is 0 Å². The minimum atomic E-state index is -3.13. The lowest BCUT2D eigenvalue weighted by Gasteiger charge is -2.15. The summed E-state index contributed by atoms with van der Waals surface area (Å²) in [5, 5.41) is 42.0. The summed E-state index contributed by atoms with van der Waals surface area (Å²) in [5.74, 6) is 0. The number of nitrogens with zero attached hydrogens (tertiary/aromatic N) is 4. The van der Waals surface area contributed by atoms with E-state index in [2.05, 4.69) is 4.74 Å². The van der Waals surface area contributed by atoms with Crippen LogP contribution in [0.2, 0.25) is 0 Å². The van der Waals surface area contributed by atoms with Gasteiger partial charge >= 0.3 is 11.8 Å². The number of hydrogen-bond acceptors (Lipinski definition) is 9. The van der Waals surface area contributed by atoms with Crippen molar-refractivity contribution < 1.29 is 24.4 Å². The molecule has 18 heavy (non-hydrogen) atoms. The van der Waals surface area contributed by atoms with Crippen LogP contribution in [0.1, 0.15) is 6.42 Å². The molecule has 0 aromatic carbocycles. The van der Waals surface area contributed by atoms with E-state index in [4.69, 9.17) is 0 Å². The molecule has 0 rings (SSSR count).